The Morgan fingerprint density at radius 1 is 1.52 bits per heavy atom. The number of nitrogens with zero attached hydrogens (tertiary/aromatic N) is 2. The molecule has 0 radical (unpaired) electrons. The smallest absolute Gasteiger partial charge is 0.296 e. The first-order chi connectivity index (χ1) is 10.1. The largest absolute Gasteiger partial charge is 0.481 e. The monoisotopic (exact) mass is 292 g/mol. The topological polar surface area (TPSA) is 111 Å². The van der Waals surface area contributed by atoms with E-state index in [-0.39, 0.29) is 18.2 Å². The van der Waals surface area contributed by atoms with E-state index in [1.54, 1.807) is 6.07 Å². The Balaban J connectivity index is 2.00. The van der Waals surface area contributed by atoms with Crippen LogP contribution < -0.4 is 20.7 Å². The van der Waals surface area contributed by atoms with Crippen molar-refractivity contribution in [3.05, 3.63) is 22.2 Å². The number of hydrogen-bond donors (Lipinski definition) is 2. The van der Waals surface area contributed by atoms with Crippen molar-refractivity contribution in [3.8, 4) is 5.75 Å². The Hall–Kier alpha value is -2.35. The normalized spacial score (nSPS) is 20.7. The van der Waals surface area contributed by atoms with Gasteiger partial charge in [-0.1, -0.05) is 0 Å². The Bertz CT molecular complexity index is 604. The minimum Gasteiger partial charge on any atom is -0.481 e. The van der Waals surface area contributed by atoms with Crippen molar-refractivity contribution in [2.75, 3.05) is 36.5 Å². The number of nitro groups is 1. The number of carbonyl (C=O) groups excluding carboxylic acids is 1. The van der Waals surface area contributed by atoms with Crippen molar-refractivity contribution in [3.63, 3.8) is 0 Å². The lowest BCUT2D eigenvalue weighted by atomic mass is 10.1. The molecule has 0 bridgehead atoms. The number of benzene rings is 1. The third-order valence-corrected chi connectivity index (χ3v) is 3.87. The summed E-state index contributed by atoms with van der Waals surface area (Å²) < 4.78 is 5.23. The number of fused-ring (bicyclic) bond motifs is 1. The molecule has 3 rings (SSSR count). The van der Waals surface area contributed by atoms with E-state index in [1.165, 1.54) is 6.07 Å². The predicted octanol–water partition coefficient (Wildman–Crippen LogP) is 0.711. The molecule has 0 saturated carbocycles. The van der Waals surface area contributed by atoms with Gasteiger partial charge in [-0.2, -0.15) is 0 Å². The third-order valence-electron chi connectivity index (χ3n) is 3.87. The molecule has 1 aromatic carbocycles. The van der Waals surface area contributed by atoms with Gasteiger partial charge in [-0.3, -0.25) is 14.9 Å². The number of nitro benzene ring substituents is 1. The second kappa shape index (κ2) is 5.21. The fourth-order valence-corrected chi connectivity index (χ4v) is 2.75. The molecule has 21 heavy (non-hydrogen) atoms. The van der Waals surface area contributed by atoms with Crippen molar-refractivity contribution in [2.45, 2.75) is 6.42 Å². The van der Waals surface area contributed by atoms with Gasteiger partial charge in [-0.15, -0.1) is 0 Å². The SMILES string of the molecule is NCC1CCN(c2cc3c(cc2[N+](=O)[O-])OCC(=O)N3)C1. The molecular formula is C13H16N4O4. The maximum Gasteiger partial charge on any atom is 0.296 e. The van der Waals surface area contributed by atoms with Gasteiger partial charge in [0.05, 0.1) is 16.7 Å². The van der Waals surface area contributed by atoms with Crippen LogP contribution in [0.2, 0.25) is 0 Å². The molecule has 0 aromatic heterocycles. The molecule has 2 aliphatic heterocycles. The highest BCUT2D eigenvalue weighted by Gasteiger charge is 2.30. The summed E-state index contributed by atoms with van der Waals surface area (Å²) in [5, 5.41) is 14.0. The summed E-state index contributed by atoms with van der Waals surface area (Å²) in [5.74, 6) is 0.412. The summed E-state index contributed by atoms with van der Waals surface area (Å²) in [6.45, 7) is 1.85. The van der Waals surface area contributed by atoms with Crippen LogP contribution in [-0.4, -0.2) is 37.1 Å². The van der Waals surface area contributed by atoms with Gasteiger partial charge < -0.3 is 20.7 Å². The highest BCUT2D eigenvalue weighted by Crippen LogP contribution is 2.41. The standard InChI is InChI=1S/C13H16N4O4/c14-5-8-1-2-16(6-8)10-3-9-12(4-11(10)17(19)20)21-7-13(18)15-9/h3-4,8H,1-2,5-7,14H2,(H,15,18). The number of amides is 1. The molecule has 2 heterocycles. The first-order valence-electron chi connectivity index (χ1n) is 6.78. The highest BCUT2D eigenvalue weighted by atomic mass is 16.6. The van der Waals surface area contributed by atoms with Crippen molar-refractivity contribution < 1.29 is 14.5 Å². The Labute approximate surface area is 121 Å². The number of rotatable bonds is 3. The van der Waals surface area contributed by atoms with Crippen molar-refractivity contribution in [1.29, 1.82) is 0 Å². The van der Waals surface area contributed by atoms with E-state index in [9.17, 15) is 14.9 Å². The number of hydrogen-bond acceptors (Lipinski definition) is 6. The lowest BCUT2D eigenvalue weighted by molar-refractivity contribution is -0.384. The quantitative estimate of drug-likeness (QED) is 0.627. The fraction of sp³-hybridized carbons (Fsp3) is 0.462. The van der Waals surface area contributed by atoms with Crippen LogP contribution in [0.4, 0.5) is 17.1 Å². The lowest BCUT2D eigenvalue weighted by Crippen LogP contribution is -2.27. The Kier molecular flexibility index (Phi) is 3.38. The zero-order chi connectivity index (χ0) is 15.0. The van der Waals surface area contributed by atoms with Crippen LogP contribution in [0.5, 0.6) is 5.75 Å². The van der Waals surface area contributed by atoms with Crippen molar-refractivity contribution in [1.82, 2.24) is 0 Å². The first kappa shape index (κ1) is 13.6. The third kappa shape index (κ3) is 2.49. The van der Waals surface area contributed by atoms with Gasteiger partial charge in [0.1, 0.15) is 5.69 Å². The van der Waals surface area contributed by atoms with Gasteiger partial charge in [0, 0.05) is 13.1 Å². The van der Waals surface area contributed by atoms with Crippen molar-refractivity contribution in [2.24, 2.45) is 11.7 Å². The van der Waals surface area contributed by atoms with E-state index < -0.39 is 4.92 Å². The molecular weight excluding hydrogens is 276 g/mol. The second-order valence-electron chi connectivity index (χ2n) is 5.27. The first-order valence-corrected chi connectivity index (χ1v) is 6.78. The molecule has 1 unspecified atom stereocenters. The van der Waals surface area contributed by atoms with Crippen LogP contribution in [0.25, 0.3) is 0 Å². The van der Waals surface area contributed by atoms with Gasteiger partial charge in [0.2, 0.25) is 0 Å². The van der Waals surface area contributed by atoms with Crippen LogP contribution in [0.3, 0.4) is 0 Å². The summed E-state index contributed by atoms with van der Waals surface area (Å²) >= 11 is 0. The zero-order valence-electron chi connectivity index (χ0n) is 11.4. The number of anilines is 2. The summed E-state index contributed by atoms with van der Waals surface area (Å²) in [6.07, 6.45) is 0.910. The number of carbonyl (C=O) groups is 1. The van der Waals surface area contributed by atoms with E-state index >= 15 is 0 Å². The average Bonchev–Trinajstić information content (AvgIpc) is 2.94. The molecule has 1 amide bonds. The van der Waals surface area contributed by atoms with E-state index in [0.717, 1.165) is 13.0 Å². The number of nitrogens with one attached hydrogen (secondary N) is 1. The minimum atomic E-state index is -0.425. The van der Waals surface area contributed by atoms with E-state index in [2.05, 4.69) is 5.32 Å². The lowest BCUT2D eigenvalue weighted by Gasteiger charge is -2.23. The second-order valence-corrected chi connectivity index (χ2v) is 5.27. The van der Waals surface area contributed by atoms with Crippen LogP contribution in [0.1, 0.15) is 6.42 Å². The molecule has 1 saturated heterocycles. The molecule has 2 aliphatic rings. The molecule has 1 atom stereocenters. The predicted molar refractivity (Wildman–Crippen MR) is 76.6 cm³/mol. The molecule has 3 N–H and O–H groups in total. The van der Waals surface area contributed by atoms with Gasteiger partial charge in [0.25, 0.3) is 11.6 Å². The molecule has 112 valence electrons. The van der Waals surface area contributed by atoms with Gasteiger partial charge >= 0.3 is 0 Å². The average molecular weight is 292 g/mol. The summed E-state index contributed by atoms with van der Waals surface area (Å²) in [6, 6.07) is 2.99. The van der Waals surface area contributed by atoms with Crippen LogP contribution in [-0.2, 0) is 4.79 Å². The maximum absolute atomic E-state index is 11.4. The van der Waals surface area contributed by atoms with Crippen LogP contribution >= 0.6 is 0 Å². The summed E-state index contributed by atoms with van der Waals surface area (Å²) in [4.78, 5) is 24.2. The highest BCUT2D eigenvalue weighted by molar-refractivity contribution is 5.97. The molecule has 0 spiro atoms. The maximum atomic E-state index is 11.4. The molecule has 8 nitrogen and oxygen atoms in total. The molecule has 0 aliphatic carbocycles. The number of nitrogens with two attached hydrogens (primary N) is 1. The van der Waals surface area contributed by atoms with Crippen molar-refractivity contribution >= 4 is 23.0 Å². The summed E-state index contributed by atoms with van der Waals surface area (Å²) in [7, 11) is 0. The van der Waals surface area contributed by atoms with Crippen LogP contribution in [0, 0.1) is 16.0 Å². The molecule has 1 aromatic rings. The Morgan fingerprint density at radius 3 is 3.00 bits per heavy atom. The van der Waals surface area contributed by atoms with E-state index in [0.29, 0.717) is 36.1 Å². The minimum absolute atomic E-state index is 0.0115. The van der Waals surface area contributed by atoms with E-state index in [1.807, 2.05) is 4.90 Å². The van der Waals surface area contributed by atoms with Gasteiger partial charge in [-0.05, 0) is 24.9 Å². The zero-order valence-corrected chi connectivity index (χ0v) is 11.4. The fourth-order valence-electron chi connectivity index (χ4n) is 2.75. The van der Waals surface area contributed by atoms with Crippen LogP contribution in [0.15, 0.2) is 12.1 Å². The van der Waals surface area contributed by atoms with Gasteiger partial charge in [0.15, 0.2) is 12.4 Å². The molecule has 1 fully saturated rings. The van der Waals surface area contributed by atoms with E-state index in [4.69, 9.17) is 10.5 Å². The molecule has 8 heteroatoms. The summed E-state index contributed by atoms with van der Waals surface area (Å²) in [5.41, 5.74) is 6.63. The van der Waals surface area contributed by atoms with Gasteiger partial charge in [-0.25, -0.2) is 0 Å². The number of ether oxygens (including phenoxy) is 1. The Morgan fingerprint density at radius 2 is 2.33 bits per heavy atom.